The van der Waals surface area contributed by atoms with Crippen LogP contribution in [0.3, 0.4) is 0 Å². The van der Waals surface area contributed by atoms with E-state index in [1.54, 1.807) is 0 Å². The van der Waals surface area contributed by atoms with Crippen molar-refractivity contribution in [1.29, 1.82) is 0 Å². The van der Waals surface area contributed by atoms with Gasteiger partial charge in [0.2, 0.25) is 12.2 Å². The SMILES string of the molecule is CC(C)c1n[c]no1. The minimum Gasteiger partial charge on any atom is -0.339 e. The summed E-state index contributed by atoms with van der Waals surface area (Å²) in [6.45, 7) is 3.97. The summed E-state index contributed by atoms with van der Waals surface area (Å²) in [5, 5.41) is 3.33. The van der Waals surface area contributed by atoms with E-state index in [-0.39, 0.29) is 0 Å². The smallest absolute Gasteiger partial charge is 0.243 e. The lowest BCUT2D eigenvalue weighted by molar-refractivity contribution is 0.364. The number of nitrogens with zero attached hydrogens (tertiary/aromatic N) is 2. The molecular weight excluding hydrogens is 104 g/mol. The van der Waals surface area contributed by atoms with E-state index in [1.165, 1.54) is 0 Å². The highest BCUT2D eigenvalue weighted by molar-refractivity contribution is 4.80. The summed E-state index contributed by atoms with van der Waals surface area (Å²) in [7, 11) is 0. The van der Waals surface area contributed by atoms with Gasteiger partial charge in [0, 0.05) is 5.92 Å². The first kappa shape index (κ1) is 5.28. The molecule has 0 fully saturated rings. The van der Waals surface area contributed by atoms with Gasteiger partial charge in [-0.25, -0.2) is 0 Å². The average Bonchev–Trinajstić information content (AvgIpc) is 2.12. The van der Waals surface area contributed by atoms with E-state index in [2.05, 4.69) is 21.0 Å². The maximum absolute atomic E-state index is 4.68. The largest absolute Gasteiger partial charge is 0.339 e. The molecule has 0 N–H and O–H groups in total. The normalized spacial score (nSPS) is 10.4. The topological polar surface area (TPSA) is 38.9 Å². The molecule has 0 bridgehead atoms. The van der Waals surface area contributed by atoms with Crippen molar-refractivity contribution in [1.82, 2.24) is 10.1 Å². The molecule has 1 aromatic heterocycles. The number of hydrogen-bond acceptors (Lipinski definition) is 3. The van der Waals surface area contributed by atoms with Crippen LogP contribution in [-0.2, 0) is 0 Å². The van der Waals surface area contributed by atoms with Gasteiger partial charge in [0.05, 0.1) is 0 Å². The van der Waals surface area contributed by atoms with Crippen molar-refractivity contribution in [3.63, 3.8) is 0 Å². The quantitative estimate of drug-likeness (QED) is 0.542. The first-order chi connectivity index (χ1) is 3.80. The lowest BCUT2D eigenvalue weighted by Crippen LogP contribution is -1.84. The van der Waals surface area contributed by atoms with Gasteiger partial charge >= 0.3 is 0 Å². The molecule has 0 spiro atoms. The third kappa shape index (κ3) is 0.857. The van der Waals surface area contributed by atoms with Gasteiger partial charge in [-0.3, -0.25) is 0 Å². The minimum absolute atomic E-state index is 0.314. The van der Waals surface area contributed by atoms with E-state index in [9.17, 15) is 0 Å². The van der Waals surface area contributed by atoms with E-state index < -0.39 is 0 Å². The number of rotatable bonds is 1. The molecule has 0 aliphatic heterocycles. The molecule has 1 heterocycles. The molecule has 0 saturated heterocycles. The molecular formula is C5H7N2O. The fraction of sp³-hybridized carbons (Fsp3) is 0.600. The minimum atomic E-state index is 0.314. The lowest BCUT2D eigenvalue weighted by atomic mass is 10.2. The predicted octanol–water partition coefficient (Wildman–Crippen LogP) is 0.993. The van der Waals surface area contributed by atoms with Gasteiger partial charge in [0.15, 0.2) is 0 Å². The second-order valence-corrected chi connectivity index (χ2v) is 1.89. The maximum atomic E-state index is 4.68. The highest BCUT2D eigenvalue weighted by atomic mass is 16.5. The van der Waals surface area contributed by atoms with E-state index in [0.717, 1.165) is 0 Å². The van der Waals surface area contributed by atoms with Crippen molar-refractivity contribution >= 4 is 0 Å². The first-order valence-electron chi connectivity index (χ1n) is 2.50. The molecule has 0 aliphatic rings. The van der Waals surface area contributed by atoms with Crippen LogP contribution in [0.5, 0.6) is 0 Å². The predicted molar refractivity (Wildman–Crippen MR) is 27.2 cm³/mol. The second kappa shape index (κ2) is 1.94. The zero-order valence-corrected chi connectivity index (χ0v) is 4.88. The summed E-state index contributed by atoms with van der Waals surface area (Å²) in [5.41, 5.74) is 0. The molecule has 0 aromatic carbocycles. The fourth-order valence-electron chi connectivity index (χ4n) is 0.392. The van der Waals surface area contributed by atoms with Crippen molar-refractivity contribution in [2.45, 2.75) is 19.8 Å². The summed E-state index contributed by atoms with van der Waals surface area (Å²) in [4.78, 5) is 3.71. The third-order valence-corrected chi connectivity index (χ3v) is 0.834. The standard InChI is InChI=1S/C5H7N2O/c1-4(2)5-6-3-7-8-5/h4H,1-2H3. The maximum Gasteiger partial charge on any atom is 0.243 e. The van der Waals surface area contributed by atoms with Crippen LogP contribution in [0, 0.1) is 6.33 Å². The summed E-state index contributed by atoms with van der Waals surface area (Å²) >= 11 is 0. The Balaban J connectivity index is 2.77. The van der Waals surface area contributed by atoms with Crippen LogP contribution in [-0.4, -0.2) is 10.1 Å². The second-order valence-electron chi connectivity index (χ2n) is 1.89. The van der Waals surface area contributed by atoms with E-state index in [0.29, 0.717) is 11.8 Å². The van der Waals surface area contributed by atoms with E-state index >= 15 is 0 Å². The van der Waals surface area contributed by atoms with Gasteiger partial charge in [-0.2, -0.15) is 4.98 Å². The molecule has 1 radical (unpaired) electrons. The highest BCUT2D eigenvalue weighted by Crippen LogP contribution is 2.07. The van der Waals surface area contributed by atoms with Crippen LogP contribution in [0.25, 0.3) is 0 Å². The van der Waals surface area contributed by atoms with Crippen molar-refractivity contribution in [2.24, 2.45) is 0 Å². The Labute approximate surface area is 47.7 Å². The highest BCUT2D eigenvalue weighted by Gasteiger charge is 2.02. The molecule has 1 aromatic rings. The van der Waals surface area contributed by atoms with Gasteiger partial charge < -0.3 is 4.52 Å². The van der Waals surface area contributed by atoms with Gasteiger partial charge in [-0.1, -0.05) is 19.0 Å². The summed E-state index contributed by atoms with van der Waals surface area (Å²) < 4.78 is 4.68. The van der Waals surface area contributed by atoms with Crippen LogP contribution in [0.4, 0.5) is 0 Å². The van der Waals surface area contributed by atoms with Gasteiger partial charge in [-0.15, -0.1) is 0 Å². The molecule has 0 unspecified atom stereocenters. The lowest BCUT2D eigenvalue weighted by Gasteiger charge is -1.90. The molecule has 0 amide bonds. The zero-order chi connectivity index (χ0) is 5.98. The number of aromatic nitrogens is 2. The van der Waals surface area contributed by atoms with Crippen molar-refractivity contribution in [2.75, 3.05) is 0 Å². The van der Waals surface area contributed by atoms with Crippen LogP contribution in [0.15, 0.2) is 4.52 Å². The molecule has 0 atom stereocenters. The van der Waals surface area contributed by atoms with Gasteiger partial charge in [0.25, 0.3) is 0 Å². The van der Waals surface area contributed by atoms with Crippen LogP contribution in [0.2, 0.25) is 0 Å². The Kier molecular flexibility index (Phi) is 1.28. The van der Waals surface area contributed by atoms with Crippen LogP contribution in [0.1, 0.15) is 25.7 Å². The molecule has 43 valence electrons. The molecule has 1 rings (SSSR count). The molecule has 3 nitrogen and oxygen atoms in total. The third-order valence-electron chi connectivity index (χ3n) is 0.834. The van der Waals surface area contributed by atoms with Crippen molar-refractivity contribution < 1.29 is 4.52 Å². The summed E-state index contributed by atoms with van der Waals surface area (Å²) in [5.74, 6) is 0.957. The van der Waals surface area contributed by atoms with E-state index in [4.69, 9.17) is 0 Å². The van der Waals surface area contributed by atoms with Gasteiger partial charge in [0.1, 0.15) is 0 Å². The van der Waals surface area contributed by atoms with E-state index in [1.807, 2.05) is 13.8 Å². The first-order valence-corrected chi connectivity index (χ1v) is 2.50. The summed E-state index contributed by atoms with van der Waals surface area (Å²) in [6, 6.07) is 0. The summed E-state index contributed by atoms with van der Waals surface area (Å²) in [6.07, 6.45) is 2.34. The Bertz CT molecular complexity index is 145. The van der Waals surface area contributed by atoms with Crippen LogP contribution < -0.4 is 0 Å². The van der Waals surface area contributed by atoms with Crippen LogP contribution >= 0.6 is 0 Å². The van der Waals surface area contributed by atoms with Crippen molar-refractivity contribution in [3.8, 4) is 0 Å². The zero-order valence-electron chi connectivity index (χ0n) is 4.88. The number of hydrogen-bond donors (Lipinski definition) is 0. The fourth-order valence-corrected chi connectivity index (χ4v) is 0.392. The monoisotopic (exact) mass is 111 g/mol. The Morgan fingerprint density at radius 2 is 2.38 bits per heavy atom. The van der Waals surface area contributed by atoms with Crippen molar-refractivity contribution in [3.05, 3.63) is 12.2 Å². The molecule has 3 heteroatoms. The Morgan fingerprint density at radius 3 is 2.62 bits per heavy atom. The Morgan fingerprint density at radius 1 is 1.62 bits per heavy atom. The Hall–Kier alpha value is -0.860. The van der Waals surface area contributed by atoms with Gasteiger partial charge in [-0.05, 0) is 0 Å². The molecule has 8 heavy (non-hydrogen) atoms. The molecule has 0 aliphatic carbocycles. The molecule has 0 saturated carbocycles. The average molecular weight is 111 g/mol.